The van der Waals surface area contributed by atoms with Crippen molar-refractivity contribution in [2.45, 2.75) is 37.2 Å². The summed E-state index contributed by atoms with van der Waals surface area (Å²) >= 11 is 0. The third kappa shape index (κ3) is 2.56. The van der Waals surface area contributed by atoms with Crippen molar-refractivity contribution < 1.29 is 12.8 Å². The Kier molecular flexibility index (Phi) is 3.50. The third-order valence-electron chi connectivity index (χ3n) is 3.48. The fourth-order valence-electron chi connectivity index (χ4n) is 2.50. The molecule has 0 bridgehead atoms. The minimum atomic E-state index is -3.94. The van der Waals surface area contributed by atoms with Gasteiger partial charge < -0.3 is 4.57 Å². The van der Waals surface area contributed by atoms with Crippen LogP contribution in [0.5, 0.6) is 0 Å². The second kappa shape index (κ2) is 5.19. The van der Waals surface area contributed by atoms with Crippen molar-refractivity contribution in [3.8, 4) is 0 Å². The van der Waals surface area contributed by atoms with Gasteiger partial charge in [0.15, 0.2) is 5.82 Å². The van der Waals surface area contributed by atoms with Crippen LogP contribution < -0.4 is 4.72 Å². The van der Waals surface area contributed by atoms with Gasteiger partial charge in [0.2, 0.25) is 10.0 Å². The van der Waals surface area contributed by atoms with Gasteiger partial charge >= 0.3 is 0 Å². The maximum atomic E-state index is 13.6. The molecule has 0 spiro atoms. The topological polar surface area (TPSA) is 76.9 Å². The van der Waals surface area contributed by atoms with E-state index in [1.165, 1.54) is 18.2 Å². The van der Waals surface area contributed by atoms with E-state index in [2.05, 4.69) is 14.9 Å². The van der Waals surface area contributed by atoms with Crippen molar-refractivity contribution in [2.75, 3.05) is 0 Å². The van der Waals surface area contributed by atoms with E-state index >= 15 is 0 Å². The Morgan fingerprint density at radius 3 is 2.86 bits per heavy atom. The first-order valence-electron chi connectivity index (χ1n) is 6.68. The molecule has 1 atom stereocenters. The normalized spacial score (nSPS) is 15.9. The van der Waals surface area contributed by atoms with E-state index in [4.69, 9.17) is 0 Å². The summed E-state index contributed by atoms with van der Waals surface area (Å²) in [6.07, 6.45) is 1.82. The quantitative estimate of drug-likeness (QED) is 0.926. The predicted molar refractivity (Wildman–Crippen MR) is 73.5 cm³/mol. The lowest BCUT2D eigenvalue weighted by atomic mass is 10.3. The van der Waals surface area contributed by atoms with E-state index in [0.717, 1.165) is 31.3 Å². The van der Waals surface area contributed by atoms with Crippen LogP contribution in [0.25, 0.3) is 0 Å². The van der Waals surface area contributed by atoms with Crippen molar-refractivity contribution in [1.29, 1.82) is 0 Å². The fraction of sp³-hybridized carbons (Fsp3) is 0.385. The molecule has 1 aromatic carbocycles. The van der Waals surface area contributed by atoms with Gasteiger partial charge in [0.05, 0.1) is 6.04 Å². The minimum absolute atomic E-state index is 0.363. The zero-order chi connectivity index (χ0) is 15.0. The van der Waals surface area contributed by atoms with Crippen LogP contribution in [0.2, 0.25) is 0 Å². The number of sulfonamides is 1. The molecule has 0 saturated heterocycles. The van der Waals surface area contributed by atoms with Crippen LogP contribution in [0.4, 0.5) is 4.39 Å². The highest BCUT2D eigenvalue weighted by Crippen LogP contribution is 2.21. The number of aryl methyl sites for hydroxylation is 1. The van der Waals surface area contributed by atoms with Gasteiger partial charge in [-0.15, -0.1) is 10.2 Å². The van der Waals surface area contributed by atoms with E-state index in [1.54, 1.807) is 6.92 Å². The highest BCUT2D eigenvalue weighted by Gasteiger charge is 2.26. The molecule has 1 aliphatic heterocycles. The molecular formula is C13H15FN4O2S. The molecule has 0 radical (unpaired) electrons. The lowest BCUT2D eigenvalue weighted by Crippen LogP contribution is -2.29. The molecule has 8 heteroatoms. The zero-order valence-corrected chi connectivity index (χ0v) is 12.3. The van der Waals surface area contributed by atoms with Gasteiger partial charge in [-0.2, -0.15) is 0 Å². The molecule has 0 amide bonds. The fourth-order valence-corrected chi connectivity index (χ4v) is 3.79. The van der Waals surface area contributed by atoms with Crippen LogP contribution in [0.1, 0.15) is 31.0 Å². The molecule has 1 aliphatic rings. The molecule has 2 aromatic rings. The monoisotopic (exact) mass is 310 g/mol. The smallest absolute Gasteiger partial charge is 0.244 e. The largest absolute Gasteiger partial charge is 0.314 e. The molecule has 1 aromatic heterocycles. The summed E-state index contributed by atoms with van der Waals surface area (Å²) in [7, 11) is -3.94. The summed E-state index contributed by atoms with van der Waals surface area (Å²) < 4.78 is 42.5. The van der Waals surface area contributed by atoms with E-state index in [9.17, 15) is 12.8 Å². The van der Waals surface area contributed by atoms with E-state index in [1.807, 2.05) is 4.57 Å². The molecule has 3 rings (SSSR count). The molecular weight excluding hydrogens is 295 g/mol. The molecule has 112 valence electrons. The lowest BCUT2D eigenvalue weighted by molar-refractivity contribution is 0.533. The van der Waals surface area contributed by atoms with Gasteiger partial charge in [-0.05, 0) is 25.5 Å². The first-order valence-corrected chi connectivity index (χ1v) is 8.16. The van der Waals surface area contributed by atoms with Crippen molar-refractivity contribution in [2.24, 2.45) is 0 Å². The van der Waals surface area contributed by atoms with Gasteiger partial charge in [0.25, 0.3) is 0 Å². The number of nitrogens with one attached hydrogen (secondary N) is 1. The molecule has 1 unspecified atom stereocenters. The van der Waals surface area contributed by atoms with Crippen molar-refractivity contribution >= 4 is 10.0 Å². The first-order chi connectivity index (χ1) is 9.99. The summed E-state index contributed by atoms with van der Waals surface area (Å²) in [5, 5.41) is 8.07. The zero-order valence-electron chi connectivity index (χ0n) is 11.5. The van der Waals surface area contributed by atoms with E-state index < -0.39 is 21.9 Å². The van der Waals surface area contributed by atoms with Crippen LogP contribution in [0, 0.1) is 5.82 Å². The Balaban J connectivity index is 1.87. The maximum absolute atomic E-state index is 13.6. The lowest BCUT2D eigenvalue weighted by Gasteiger charge is -2.14. The van der Waals surface area contributed by atoms with Gasteiger partial charge in [-0.3, -0.25) is 0 Å². The molecule has 6 nitrogen and oxygen atoms in total. The minimum Gasteiger partial charge on any atom is -0.314 e. The Morgan fingerprint density at radius 2 is 2.10 bits per heavy atom. The molecule has 2 heterocycles. The third-order valence-corrected chi connectivity index (χ3v) is 5.06. The van der Waals surface area contributed by atoms with Crippen LogP contribution >= 0.6 is 0 Å². The number of nitrogens with zero attached hydrogens (tertiary/aromatic N) is 3. The summed E-state index contributed by atoms with van der Waals surface area (Å²) in [5.74, 6) is 0.646. The predicted octanol–water partition coefficient (Wildman–Crippen LogP) is 1.40. The van der Waals surface area contributed by atoms with Gasteiger partial charge in [0, 0.05) is 13.0 Å². The molecule has 21 heavy (non-hydrogen) atoms. The highest BCUT2D eigenvalue weighted by molar-refractivity contribution is 7.89. The second-order valence-corrected chi connectivity index (χ2v) is 6.69. The SMILES string of the molecule is CC(NS(=O)(=O)c1ccccc1F)c1nnc2n1CCC2. The Bertz CT molecular complexity index is 772. The highest BCUT2D eigenvalue weighted by atomic mass is 32.2. The molecule has 0 aliphatic carbocycles. The second-order valence-electron chi connectivity index (χ2n) is 5.00. The number of benzene rings is 1. The summed E-state index contributed by atoms with van der Waals surface area (Å²) in [6.45, 7) is 2.46. The molecule has 0 fully saturated rings. The van der Waals surface area contributed by atoms with Crippen LogP contribution in [-0.2, 0) is 23.0 Å². The van der Waals surface area contributed by atoms with Crippen molar-refractivity contribution in [1.82, 2.24) is 19.5 Å². The van der Waals surface area contributed by atoms with Gasteiger partial charge in [0.1, 0.15) is 16.5 Å². The molecule has 1 N–H and O–H groups in total. The number of rotatable bonds is 4. The summed E-state index contributed by atoms with van der Waals surface area (Å²) in [4.78, 5) is -0.363. The number of fused-ring (bicyclic) bond motifs is 1. The van der Waals surface area contributed by atoms with E-state index in [0.29, 0.717) is 5.82 Å². The number of hydrogen-bond donors (Lipinski definition) is 1. The summed E-state index contributed by atoms with van der Waals surface area (Å²) in [6, 6.07) is 4.71. The van der Waals surface area contributed by atoms with E-state index in [-0.39, 0.29) is 4.90 Å². The van der Waals surface area contributed by atoms with Gasteiger partial charge in [-0.25, -0.2) is 17.5 Å². The Hall–Kier alpha value is -1.80. The Labute approximate surface area is 122 Å². The average Bonchev–Trinajstić information content (AvgIpc) is 3.00. The van der Waals surface area contributed by atoms with Gasteiger partial charge in [-0.1, -0.05) is 12.1 Å². The van der Waals surface area contributed by atoms with Crippen LogP contribution in [0.15, 0.2) is 29.2 Å². The number of halogens is 1. The van der Waals surface area contributed by atoms with Crippen molar-refractivity contribution in [3.05, 3.63) is 41.7 Å². The standard InChI is InChI=1S/C13H15FN4O2S/c1-9(13-16-15-12-7-4-8-18(12)13)17-21(19,20)11-6-3-2-5-10(11)14/h2-3,5-6,9,17H,4,7-8H2,1H3. The summed E-state index contributed by atoms with van der Waals surface area (Å²) in [5.41, 5.74) is 0. The first kappa shape index (κ1) is 14.2. The van der Waals surface area contributed by atoms with Crippen LogP contribution in [-0.4, -0.2) is 23.2 Å². The average molecular weight is 310 g/mol. The number of hydrogen-bond acceptors (Lipinski definition) is 4. The van der Waals surface area contributed by atoms with Crippen molar-refractivity contribution in [3.63, 3.8) is 0 Å². The number of aromatic nitrogens is 3. The maximum Gasteiger partial charge on any atom is 0.244 e. The Morgan fingerprint density at radius 1 is 1.33 bits per heavy atom. The molecule has 0 saturated carbocycles. The van der Waals surface area contributed by atoms with Crippen LogP contribution in [0.3, 0.4) is 0 Å².